The molecule has 0 aliphatic carbocycles. The molecule has 0 saturated carbocycles. The SMILES string of the molecule is Nc1ccc(CCCC(=O)N=O)cc1. The summed E-state index contributed by atoms with van der Waals surface area (Å²) < 4.78 is 0. The van der Waals surface area contributed by atoms with Gasteiger partial charge < -0.3 is 5.73 Å². The van der Waals surface area contributed by atoms with Crippen LogP contribution in [0.2, 0.25) is 0 Å². The predicted octanol–water partition coefficient (Wildman–Crippen LogP) is 1.88. The second kappa shape index (κ2) is 5.11. The van der Waals surface area contributed by atoms with Crippen molar-refractivity contribution in [2.45, 2.75) is 19.3 Å². The number of hydrogen-bond acceptors (Lipinski definition) is 3. The average Bonchev–Trinajstić information content (AvgIpc) is 2.21. The lowest BCUT2D eigenvalue weighted by atomic mass is 10.1. The Kier molecular flexibility index (Phi) is 3.79. The molecule has 0 heterocycles. The quantitative estimate of drug-likeness (QED) is 0.584. The van der Waals surface area contributed by atoms with Crippen LogP contribution in [0.1, 0.15) is 18.4 Å². The fourth-order valence-electron chi connectivity index (χ4n) is 1.17. The minimum absolute atomic E-state index is 0.216. The predicted molar refractivity (Wildman–Crippen MR) is 54.6 cm³/mol. The third-order valence-electron chi connectivity index (χ3n) is 1.94. The van der Waals surface area contributed by atoms with Gasteiger partial charge in [0.05, 0.1) is 0 Å². The number of rotatable bonds is 4. The molecule has 74 valence electrons. The van der Waals surface area contributed by atoms with Crippen molar-refractivity contribution in [2.75, 3.05) is 5.73 Å². The molecule has 0 radical (unpaired) electrons. The van der Waals surface area contributed by atoms with Gasteiger partial charge in [0.15, 0.2) is 0 Å². The van der Waals surface area contributed by atoms with Gasteiger partial charge in [0.2, 0.25) is 0 Å². The van der Waals surface area contributed by atoms with E-state index in [0.717, 1.165) is 17.7 Å². The maximum absolute atomic E-state index is 10.6. The van der Waals surface area contributed by atoms with E-state index in [2.05, 4.69) is 5.18 Å². The number of nitroso groups, excluding NO2 is 1. The summed E-state index contributed by atoms with van der Waals surface area (Å²) in [5.74, 6) is -0.583. The summed E-state index contributed by atoms with van der Waals surface area (Å²) in [6.45, 7) is 0. The smallest absolute Gasteiger partial charge is 0.286 e. The van der Waals surface area contributed by atoms with Crippen molar-refractivity contribution in [1.29, 1.82) is 0 Å². The summed E-state index contributed by atoms with van der Waals surface area (Å²) in [5.41, 5.74) is 7.35. The largest absolute Gasteiger partial charge is 0.399 e. The van der Waals surface area contributed by atoms with Crippen molar-refractivity contribution in [3.8, 4) is 0 Å². The Morgan fingerprint density at radius 2 is 1.93 bits per heavy atom. The standard InChI is InChI=1S/C10H12N2O2/c11-9-6-4-8(5-7-9)2-1-3-10(13)12-14/h4-7H,1-3,11H2. The zero-order chi connectivity index (χ0) is 10.4. The summed E-state index contributed by atoms with van der Waals surface area (Å²) in [7, 11) is 0. The fourth-order valence-corrected chi connectivity index (χ4v) is 1.17. The van der Waals surface area contributed by atoms with Crippen LogP contribution in [0.15, 0.2) is 29.4 Å². The molecule has 0 unspecified atom stereocenters. The maximum Gasteiger partial charge on any atom is 0.286 e. The van der Waals surface area contributed by atoms with E-state index in [4.69, 9.17) is 5.73 Å². The molecule has 2 N–H and O–H groups in total. The number of amides is 1. The van der Waals surface area contributed by atoms with Crippen LogP contribution in [-0.2, 0) is 11.2 Å². The topological polar surface area (TPSA) is 72.5 Å². The van der Waals surface area contributed by atoms with Gasteiger partial charge in [-0.2, -0.15) is 0 Å². The van der Waals surface area contributed by atoms with Gasteiger partial charge in [-0.25, -0.2) is 0 Å². The Morgan fingerprint density at radius 3 is 2.50 bits per heavy atom. The van der Waals surface area contributed by atoms with E-state index < -0.39 is 5.91 Å². The van der Waals surface area contributed by atoms with E-state index in [1.807, 2.05) is 24.3 Å². The monoisotopic (exact) mass is 192 g/mol. The summed E-state index contributed by atoms with van der Waals surface area (Å²) in [4.78, 5) is 20.3. The van der Waals surface area contributed by atoms with Crippen LogP contribution in [0.5, 0.6) is 0 Å². The van der Waals surface area contributed by atoms with Crippen LogP contribution in [0.3, 0.4) is 0 Å². The summed E-state index contributed by atoms with van der Waals surface area (Å²) in [5, 5.41) is 2.32. The molecule has 0 aliphatic rings. The van der Waals surface area contributed by atoms with Gasteiger partial charge in [-0.05, 0) is 30.5 Å². The van der Waals surface area contributed by atoms with E-state index in [9.17, 15) is 9.70 Å². The van der Waals surface area contributed by atoms with Crippen molar-refractivity contribution in [3.05, 3.63) is 34.7 Å². The molecule has 4 nitrogen and oxygen atoms in total. The number of anilines is 1. The van der Waals surface area contributed by atoms with Crippen molar-refractivity contribution in [1.82, 2.24) is 0 Å². The Bertz CT molecular complexity index is 319. The van der Waals surface area contributed by atoms with Gasteiger partial charge in [-0.15, -0.1) is 4.91 Å². The van der Waals surface area contributed by atoms with Crippen molar-refractivity contribution >= 4 is 11.6 Å². The summed E-state index contributed by atoms with van der Waals surface area (Å²) in [6.07, 6.45) is 1.63. The molecule has 0 aliphatic heterocycles. The van der Waals surface area contributed by atoms with Gasteiger partial charge in [0.25, 0.3) is 5.91 Å². The van der Waals surface area contributed by atoms with Gasteiger partial charge in [-0.3, -0.25) is 4.79 Å². The highest BCUT2D eigenvalue weighted by Gasteiger charge is 2.00. The Balaban J connectivity index is 2.35. The Morgan fingerprint density at radius 1 is 1.29 bits per heavy atom. The lowest BCUT2D eigenvalue weighted by molar-refractivity contribution is -0.118. The molecule has 0 saturated heterocycles. The lowest BCUT2D eigenvalue weighted by Gasteiger charge is -1.99. The van der Waals surface area contributed by atoms with Gasteiger partial charge in [0.1, 0.15) is 0 Å². The number of nitrogen functional groups attached to an aromatic ring is 1. The van der Waals surface area contributed by atoms with Gasteiger partial charge in [-0.1, -0.05) is 12.1 Å². The zero-order valence-electron chi connectivity index (χ0n) is 7.77. The number of benzene rings is 1. The minimum atomic E-state index is -0.583. The average molecular weight is 192 g/mol. The molecule has 1 aromatic carbocycles. The summed E-state index contributed by atoms with van der Waals surface area (Å²) in [6, 6.07) is 7.45. The fraction of sp³-hybridized carbons (Fsp3) is 0.300. The normalized spacial score (nSPS) is 9.71. The van der Waals surface area contributed by atoms with E-state index in [-0.39, 0.29) is 6.42 Å². The van der Waals surface area contributed by atoms with Crippen LogP contribution in [0, 0.1) is 4.91 Å². The van der Waals surface area contributed by atoms with Crippen LogP contribution < -0.4 is 5.73 Å². The van der Waals surface area contributed by atoms with E-state index >= 15 is 0 Å². The molecule has 0 atom stereocenters. The van der Waals surface area contributed by atoms with Crippen LogP contribution in [-0.4, -0.2) is 5.91 Å². The molecule has 14 heavy (non-hydrogen) atoms. The molecule has 1 aromatic rings. The van der Waals surface area contributed by atoms with Crippen LogP contribution >= 0.6 is 0 Å². The first kappa shape index (κ1) is 10.4. The number of carbonyl (C=O) groups excluding carboxylic acids is 1. The highest BCUT2D eigenvalue weighted by Crippen LogP contribution is 2.08. The van der Waals surface area contributed by atoms with Crippen molar-refractivity contribution in [2.24, 2.45) is 5.18 Å². The third-order valence-corrected chi connectivity index (χ3v) is 1.94. The number of hydrogen-bond donors (Lipinski definition) is 1. The first-order valence-corrected chi connectivity index (χ1v) is 4.43. The number of carbonyl (C=O) groups is 1. The van der Waals surface area contributed by atoms with Gasteiger partial charge in [0, 0.05) is 17.3 Å². The Hall–Kier alpha value is -1.71. The molecule has 1 amide bonds. The first-order valence-electron chi connectivity index (χ1n) is 4.43. The van der Waals surface area contributed by atoms with Crippen molar-refractivity contribution in [3.63, 3.8) is 0 Å². The van der Waals surface area contributed by atoms with Gasteiger partial charge >= 0.3 is 0 Å². The van der Waals surface area contributed by atoms with Crippen LogP contribution in [0.25, 0.3) is 0 Å². The maximum atomic E-state index is 10.6. The molecule has 0 aromatic heterocycles. The van der Waals surface area contributed by atoms with E-state index in [1.165, 1.54) is 0 Å². The van der Waals surface area contributed by atoms with Crippen LogP contribution in [0.4, 0.5) is 5.69 Å². The molecule has 0 bridgehead atoms. The number of aryl methyl sites for hydroxylation is 1. The van der Waals surface area contributed by atoms with E-state index in [0.29, 0.717) is 6.42 Å². The molecule has 4 heteroatoms. The zero-order valence-corrected chi connectivity index (χ0v) is 7.77. The highest BCUT2D eigenvalue weighted by molar-refractivity contribution is 5.76. The molecule has 0 spiro atoms. The second-order valence-corrected chi connectivity index (χ2v) is 3.08. The first-order chi connectivity index (χ1) is 6.72. The van der Waals surface area contributed by atoms with Crippen molar-refractivity contribution < 1.29 is 4.79 Å². The summed E-state index contributed by atoms with van der Waals surface area (Å²) >= 11 is 0. The molecule has 1 rings (SSSR count). The third kappa shape index (κ3) is 3.35. The number of nitrogens with zero attached hydrogens (tertiary/aromatic N) is 1. The lowest BCUT2D eigenvalue weighted by Crippen LogP contribution is -1.94. The molecule has 0 fully saturated rings. The van der Waals surface area contributed by atoms with E-state index in [1.54, 1.807) is 0 Å². The Labute approximate surface area is 82.1 Å². The highest BCUT2D eigenvalue weighted by atomic mass is 16.3. The molecular weight excluding hydrogens is 180 g/mol. The minimum Gasteiger partial charge on any atom is -0.399 e. The second-order valence-electron chi connectivity index (χ2n) is 3.08. The molecular formula is C10H12N2O2. The number of nitrogens with two attached hydrogens (primary N) is 1.